The van der Waals surface area contributed by atoms with Crippen molar-refractivity contribution in [2.24, 2.45) is 0 Å². The Bertz CT molecular complexity index is 96.5. The first-order valence-corrected chi connectivity index (χ1v) is 4.55. The first-order valence-electron chi connectivity index (χ1n) is 4.55. The minimum absolute atomic E-state index is 0.706. The molecule has 0 rings (SSSR count). The summed E-state index contributed by atoms with van der Waals surface area (Å²) in [6.07, 6.45) is 5.00. The van der Waals surface area contributed by atoms with Gasteiger partial charge in [-0.3, -0.25) is 0 Å². The van der Waals surface area contributed by atoms with Crippen LogP contribution in [0.15, 0.2) is 0 Å². The Morgan fingerprint density at radius 2 is 2.08 bits per heavy atom. The van der Waals surface area contributed by atoms with Crippen molar-refractivity contribution in [2.75, 3.05) is 26.8 Å². The first-order chi connectivity index (χ1) is 5.91. The maximum Gasteiger partial charge on any atom is 0.119 e. The van der Waals surface area contributed by atoms with E-state index in [0.29, 0.717) is 6.42 Å². The standard InChI is InChI=1S/C9H19NO2/c1-12-9-7-10-6-4-2-3-5-8-11/h8,10H,2-7,9H2,1H3. The zero-order valence-electron chi connectivity index (χ0n) is 7.84. The van der Waals surface area contributed by atoms with E-state index < -0.39 is 0 Å². The van der Waals surface area contributed by atoms with Gasteiger partial charge in [0.1, 0.15) is 6.29 Å². The second kappa shape index (κ2) is 10.6. The minimum atomic E-state index is 0.706. The fraction of sp³-hybridized carbons (Fsp3) is 0.889. The lowest BCUT2D eigenvalue weighted by atomic mass is 10.2. The Morgan fingerprint density at radius 3 is 2.75 bits per heavy atom. The molecule has 3 nitrogen and oxygen atoms in total. The second-order valence-corrected chi connectivity index (χ2v) is 2.76. The second-order valence-electron chi connectivity index (χ2n) is 2.76. The molecule has 12 heavy (non-hydrogen) atoms. The number of nitrogens with one attached hydrogen (secondary N) is 1. The van der Waals surface area contributed by atoms with Crippen LogP contribution < -0.4 is 5.32 Å². The SMILES string of the molecule is COCCNCCCCCC=O. The molecule has 0 spiro atoms. The van der Waals surface area contributed by atoms with E-state index in [9.17, 15) is 4.79 Å². The molecule has 0 aromatic heterocycles. The molecule has 1 N–H and O–H groups in total. The lowest BCUT2D eigenvalue weighted by Crippen LogP contribution is -2.20. The smallest absolute Gasteiger partial charge is 0.119 e. The van der Waals surface area contributed by atoms with Gasteiger partial charge >= 0.3 is 0 Å². The number of carbonyl (C=O) groups is 1. The Morgan fingerprint density at radius 1 is 1.25 bits per heavy atom. The van der Waals surface area contributed by atoms with E-state index in [1.165, 1.54) is 0 Å². The average Bonchev–Trinajstić information content (AvgIpc) is 2.10. The van der Waals surface area contributed by atoms with Gasteiger partial charge in [0.25, 0.3) is 0 Å². The summed E-state index contributed by atoms with van der Waals surface area (Å²) in [4.78, 5) is 9.95. The molecule has 0 aliphatic rings. The lowest BCUT2D eigenvalue weighted by Gasteiger charge is -2.02. The van der Waals surface area contributed by atoms with Gasteiger partial charge in [-0.15, -0.1) is 0 Å². The van der Waals surface area contributed by atoms with Crippen LogP contribution in [0.5, 0.6) is 0 Å². The third-order valence-electron chi connectivity index (χ3n) is 1.66. The molecule has 0 unspecified atom stereocenters. The monoisotopic (exact) mass is 173 g/mol. The van der Waals surface area contributed by atoms with Crippen molar-refractivity contribution in [2.45, 2.75) is 25.7 Å². The molecule has 0 aliphatic carbocycles. The largest absolute Gasteiger partial charge is 0.383 e. The van der Waals surface area contributed by atoms with Crippen LogP contribution in [0.1, 0.15) is 25.7 Å². The number of rotatable bonds is 9. The van der Waals surface area contributed by atoms with Crippen molar-refractivity contribution >= 4 is 6.29 Å². The van der Waals surface area contributed by atoms with E-state index in [-0.39, 0.29) is 0 Å². The van der Waals surface area contributed by atoms with Gasteiger partial charge < -0.3 is 14.8 Å². The highest BCUT2D eigenvalue weighted by Gasteiger charge is 1.88. The maximum atomic E-state index is 9.95. The summed E-state index contributed by atoms with van der Waals surface area (Å²) in [5.41, 5.74) is 0. The molecule has 0 saturated heterocycles. The summed E-state index contributed by atoms with van der Waals surface area (Å²) in [5, 5.41) is 3.25. The van der Waals surface area contributed by atoms with E-state index in [0.717, 1.165) is 45.2 Å². The topological polar surface area (TPSA) is 38.3 Å². The van der Waals surface area contributed by atoms with Crippen LogP contribution in [0.3, 0.4) is 0 Å². The number of aldehydes is 1. The van der Waals surface area contributed by atoms with E-state index in [4.69, 9.17) is 4.74 Å². The third kappa shape index (κ3) is 9.59. The van der Waals surface area contributed by atoms with Crippen molar-refractivity contribution < 1.29 is 9.53 Å². The molecule has 0 radical (unpaired) electrons. The fourth-order valence-corrected chi connectivity index (χ4v) is 0.954. The summed E-state index contributed by atoms with van der Waals surface area (Å²) in [5.74, 6) is 0. The van der Waals surface area contributed by atoms with Crippen LogP contribution in [0, 0.1) is 0 Å². The third-order valence-corrected chi connectivity index (χ3v) is 1.66. The molecule has 0 aromatic carbocycles. The maximum absolute atomic E-state index is 9.95. The van der Waals surface area contributed by atoms with Gasteiger partial charge in [0.05, 0.1) is 6.61 Å². The molecule has 0 heterocycles. The highest BCUT2D eigenvalue weighted by atomic mass is 16.5. The van der Waals surface area contributed by atoms with E-state index in [2.05, 4.69) is 5.32 Å². The van der Waals surface area contributed by atoms with Crippen LogP contribution in [-0.2, 0) is 9.53 Å². The van der Waals surface area contributed by atoms with Crippen LogP contribution in [0.4, 0.5) is 0 Å². The van der Waals surface area contributed by atoms with Gasteiger partial charge in [0.15, 0.2) is 0 Å². The minimum Gasteiger partial charge on any atom is -0.383 e. The van der Waals surface area contributed by atoms with Crippen molar-refractivity contribution in [3.05, 3.63) is 0 Å². The molecule has 0 bridgehead atoms. The quantitative estimate of drug-likeness (QED) is 0.417. The van der Waals surface area contributed by atoms with Crippen LogP contribution in [-0.4, -0.2) is 33.1 Å². The summed E-state index contributed by atoms with van der Waals surface area (Å²) >= 11 is 0. The summed E-state index contributed by atoms with van der Waals surface area (Å²) in [6.45, 7) is 2.72. The highest BCUT2D eigenvalue weighted by Crippen LogP contribution is 1.95. The van der Waals surface area contributed by atoms with Crippen LogP contribution >= 0.6 is 0 Å². The number of methoxy groups -OCH3 is 1. The Balaban J connectivity index is 2.77. The van der Waals surface area contributed by atoms with Gasteiger partial charge in [0, 0.05) is 20.1 Å². The summed E-state index contributed by atoms with van der Waals surface area (Å²) < 4.78 is 4.88. The van der Waals surface area contributed by atoms with Crippen molar-refractivity contribution in [3.63, 3.8) is 0 Å². The van der Waals surface area contributed by atoms with Crippen LogP contribution in [0.2, 0.25) is 0 Å². The zero-order valence-corrected chi connectivity index (χ0v) is 7.84. The molecular weight excluding hydrogens is 154 g/mol. The van der Waals surface area contributed by atoms with Gasteiger partial charge in [-0.25, -0.2) is 0 Å². The van der Waals surface area contributed by atoms with Gasteiger partial charge in [-0.2, -0.15) is 0 Å². The molecule has 3 heteroatoms. The number of carbonyl (C=O) groups excluding carboxylic acids is 1. The Labute approximate surface area is 74.5 Å². The molecule has 0 aliphatic heterocycles. The summed E-state index contributed by atoms with van der Waals surface area (Å²) in [6, 6.07) is 0. The average molecular weight is 173 g/mol. The molecular formula is C9H19NO2. The number of ether oxygens (including phenoxy) is 1. The summed E-state index contributed by atoms with van der Waals surface area (Å²) in [7, 11) is 1.70. The van der Waals surface area contributed by atoms with Crippen molar-refractivity contribution in [1.29, 1.82) is 0 Å². The van der Waals surface area contributed by atoms with Gasteiger partial charge in [-0.1, -0.05) is 6.42 Å². The van der Waals surface area contributed by atoms with E-state index in [1.54, 1.807) is 7.11 Å². The first kappa shape index (κ1) is 11.6. The molecule has 0 atom stereocenters. The highest BCUT2D eigenvalue weighted by molar-refractivity contribution is 5.48. The lowest BCUT2D eigenvalue weighted by molar-refractivity contribution is -0.107. The zero-order chi connectivity index (χ0) is 9.07. The molecule has 72 valence electrons. The normalized spacial score (nSPS) is 10.1. The number of hydrogen-bond acceptors (Lipinski definition) is 3. The molecule has 0 amide bonds. The Hall–Kier alpha value is -0.410. The van der Waals surface area contributed by atoms with Gasteiger partial charge in [0.2, 0.25) is 0 Å². The van der Waals surface area contributed by atoms with E-state index in [1.807, 2.05) is 0 Å². The van der Waals surface area contributed by atoms with Crippen molar-refractivity contribution in [1.82, 2.24) is 5.32 Å². The predicted octanol–water partition coefficient (Wildman–Crippen LogP) is 0.982. The fourth-order valence-electron chi connectivity index (χ4n) is 0.954. The molecule has 0 saturated carbocycles. The van der Waals surface area contributed by atoms with Gasteiger partial charge in [-0.05, 0) is 19.4 Å². The molecule has 0 aromatic rings. The number of unbranched alkanes of at least 4 members (excludes halogenated alkanes) is 3. The Kier molecular flexibility index (Phi) is 10.2. The van der Waals surface area contributed by atoms with Crippen molar-refractivity contribution in [3.8, 4) is 0 Å². The van der Waals surface area contributed by atoms with E-state index >= 15 is 0 Å². The predicted molar refractivity (Wildman–Crippen MR) is 49.3 cm³/mol. The van der Waals surface area contributed by atoms with Crippen LogP contribution in [0.25, 0.3) is 0 Å². The number of hydrogen-bond donors (Lipinski definition) is 1. The molecule has 0 fully saturated rings.